The SMILES string of the molecule is CCc1nc(NS(=O)(=O)Cc2ccc(N)cc2)sc1C. The van der Waals surface area contributed by atoms with Crippen molar-refractivity contribution >= 4 is 32.2 Å². The van der Waals surface area contributed by atoms with Crippen molar-refractivity contribution in [2.75, 3.05) is 10.5 Å². The summed E-state index contributed by atoms with van der Waals surface area (Å²) in [4.78, 5) is 5.32. The molecule has 1 heterocycles. The normalized spacial score (nSPS) is 11.5. The van der Waals surface area contributed by atoms with E-state index in [-0.39, 0.29) is 5.75 Å². The van der Waals surface area contributed by atoms with Crippen molar-refractivity contribution in [1.29, 1.82) is 0 Å². The minimum Gasteiger partial charge on any atom is -0.399 e. The van der Waals surface area contributed by atoms with Gasteiger partial charge in [0.25, 0.3) is 0 Å². The summed E-state index contributed by atoms with van der Waals surface area (Å²) in [5, 5.41) is 0.426. The Labute approximate surface area is 122 Å². The number of aryl methyl sites for hydroxylation is 2. The van der Waals surface area contributed by atoms with Gasteiger partial charge < -0.3 is 5.73 Å². The zero-order valence-corrected chi connectivity index (χ0v) is 13.0. The molecule has 0 atom stereocenters. The van der Waals surface area contributed by atoms with Crippen molar-refractivity contribution < 1.29 is 8.42 Å². The molecule has 7 heteroatoms. The molecule has 20 heavy (non-hydrogen) atoms. The van der Waals surface area contributed by atoms with Crippen molar-refractivity contribution in [1.82, 2.24) is 4.98 Å². The molecule has 0 saturated heterocycles. The monoisotopic (exact) mass is 311 g/mol. The number of hydrogen-bond acceptors (Lipinski definition) is 5. The average Bonchev–Trinajstić information content (AvgIpc) is 2.71. The maximum Gasteiger partial charge on any atom is 0.238 e. The molecular formula is C13H17N3O2S2. The second kappa shape index (κ2) is 5.80. The number of benzene rings is 1. The molecule has 0 bridgehead atoms. The number of nitrogens with one attached hydrogen (secondary N) is 1. The molecule has 0 spiro atoms. The maximum atomic E-state index is 12.1. The molecule has 3 N–H and O–H groups in total. The first-order chi connectivity index (χ1) is 9.39. The van der Waals surface area contributed by atoms with E-state index in [4.69, 9.17) is 5.73 Å². The molecule has 5 nitrogen and oxygen atoms in total. The van der Waals surface area contributed by atoms with E-state index in [2.05, 4.69) is 9.71 Å². The number of aromatic nitrogens is 1. The van der Waals surface area contributed by atoms with Crippen LogP contribution in [0, 0.1) is 6.92 Å². The first-order valence-electron chi connectivity index (χ1n) is 6.21. The van der Waals surface area contributed by atoms with Crippen LogP contribution < -0.4 is 10.5 Å². The average molecular weight is 311 g/mol. The lowest BCUT2D eigenvalue weighted by atomic mass is 10.2. The number of nitrogens with two attached hydrogens (primary N) is 1. The number of rotatable bonds is 5. The summed E-state index contributed by atoms with van der Waals surface area (Å²) in [6, 6.07) is 6.79. The maximum absolute atomic E-state index is 12.1. The number of nitrogen functional groups attached to an aromatic ring is 1. The molecule has 2 aromatic rings. The largest absolute Gasteiger partial charge is 0.399 e. The quantitative estimate of drug-likeness (QED) is 0.831. The third-order valence-corrected chi connectivity index (χ3v) is 5.08. The van der Waals surface area contributed by atoms with Crippen molar-refractivity contribution in [2.45, 2.75) is 26.0 Å². The Morgan fingerprint density at radius 2 is 1.95 bits per heavy atom. The van der Waals surface area contributed by atoms with E-state index in [0.717, 1.165) is 17.0 Å². The topological polar surface area (TPSA) is 85.1 Å². The summed E-state index contributed by atoms with van der Waals surface area (Å²) in [5.74, 6) is -0.0899. The standard InChI is InChI=1S/C13H17N3O2S2/c1-3-12-9(2)19-13(15-12)16-20(17,18)8-10-4-6-11(14)7-5-10/h4-7H,3,8,14H2,1-2H3,(H,15,16). The van der Waals surface area contributed by atoms with E-state index < -0.39 is 10.0 Å². The van der Waals surface area contributed by atoms with Gasteiger partial charge in [0.15, 0.2) is 5.13 Å². The number of nitrogens with zero attached hydrogens (tertiary/aromatic N) is 1. The van der Waals surface area contributed by atoms with Crippen molar-refractivity contribution in [3.63, 3.8) is 0 Å². The van der Waals surface area contributed by atoms with E-state index in [1.807, 2.05) is 13.8 Å². The molecular weight excluding hydrogens is 294 g/mol. The van der Waals surface area contributed by atoms with Crippen LogP contribution in [-0.2, 0) is 22.2 Å². The van der Waals surface area contributed by atoms with Crippen LogP contribution in [0.15, 0.2) is 24.3 Å². The van der Waals surface area contributed by atoms with Crippen molar-refractivity contribution in [3.8, 4) is 0 Å². The number of hydrogen-bond donors (Lipinski definition) is 2. The fourth-order valence-corrected chi connectivity index (χ4v) is 4.12. The van der Waals surface area contributed by atoms with Gasteiger partial charge in [-0.05, 0) is 31.0 Å². The van der Waals surface area contributed by atoms with Gasteiger partial charge in [0.1, 0.15) is 0 Å². The molecule has 1 aromatic heterocycles. The van der Waals surface area contributed by atoms with E-state index in [1.54, 1.807) is 24.3 Å². The molecule has 0 fully saturated rings. The highest BCUT2D eigenvalue weighted by Gasteiger charge is 2.15. The fourth-order valence-electron chi connectivity index (χ4n) is 1.80. The van der Waals surface area contributed by atoms with Crippen molar-refractivity contribution in [2.24, 2.45) is 0 Å². The van der Waals surface area contributed by atoms with Gasteiger partial charge in [0.2, 0.25) is 10.0 Å². The molecule has 0 aliphatic rings. The Morgan fingerprint density at radius 1 is 1.30 bits per heavy atom. The number of thiazole rings is 1. The van der Waals surface area contributed by atoms with Gasteiger partial charge >= 0.3 is 0 Å². The van der Waals surface area contributed by atoms with Crippen molar-refractivity contribution in [3.05, 3.63) is 40.4 Å². The predicted molar refractivity (Wildman–Crippen MR) is 83.3 cm³/mol. The van der Waals surface area contributed by atoms with Gasteiger partial charge in [-0.15, -0.1) is 11.3 Å². The fraction of sp³-hybridized carbons (Fsp3) is 0.308. The highest BCUT2D eigenvalue weighted by Crippen LogP contribution is 2.24. The predicted octanol–water partition coefficient (Wildman–Crippen LogP) is 2.54. The van der Waals surface area contributed by atoms with Gasteiger partial charge in [-0.2, -0.15) is 0 Å². The third kappa shape index (κ3) is 3.71. The van der Waals surface area contributed by atoms with Gasteiger partial charge in [-0.1, -0.05) is 19.1 Å². The zero-order valence-electron chi connectivity index (χ0n) is 11.4. The summed E-state index contributed by atoms with van der Waals surface area (Å²) in [7, 11) is -3.46. The molecule has 108 valence electrons. The molecule has 0 saturated carbocycles. The summed E-state index contributed by atoms with van der Waals surface area (Å²) < 4.78 is 26.7. The Morgan fingerprint density at radius 3 is 2.50 bits per heavy atom. The van der Waals surface area contributed by atoms with Crippen LogP contribution >= 0.6 is 11.3 Å². The van der Waals surface area contributed by atoms with Gasteiger partial charge in [0.05, 0.1) is 11.4 Å². The van der Waals surface area contributed by atoms with E-state index in [0.29, 0.717) is 16.4 Å². The smallest absolute Gasteiger partial charge is 0.238 e. The Hall–Kier alpha value is -1.60. The molecule has 0 unspecified atom stereocenters. The highest BCUT2D eigenvalue weighted by molar-refractivity contribution is 7.92. The summed E-state index contributed by atoms with van der Waals surface area (Å²) in [6.07, 6.45) is 0.794. The van der Waals surface area contributed by atoms with Crippen LogP contribution in [0.2, 0.25) is 0 Å². The Kier molecular flexibility index (Phi) is 4.29. The van der Waals surface area contributed by atoms with Gasteiger partial charge in [-0.3, -0.25) is 4.72 Å². The Bertz CT molecular complexity index is 691. The number of sulfonamides is 1. The molecule has 0 radical (unpaired) electrons. The summed E-state index contributed by atoms with van der Waals surface area (Å²) >= 11 is 1.36. The second-order valence-electron chi connectivity index (χ2n) is 4.48. The van der Waals surface area contributed by atoms with Gasteiger partial charge in [0, 0.05) is 10.6 Å². The highest BCUT2D eigenvalue weighted by atomic mass is 32.2. The zero-order chi connectivity index (χ0) is 14.8. The van der Waals surface area contributed by atoms with E-state index >= 15 is 0 Å². The molecule has 1 aromatic carbocycles. The lowest BCUT2D eigenvalue weighted by Gasteiger charge is -2.05. The van der Waals surface area contributed by atoms with E-state index in [1.165, 1.54) is 11.3 Å². The molecule has 2 rings (SSSR count). The molecule has 0 amide bonds. The first-order valence-corrected chi connectivity index (χ1v) is 8.67. The number of anilines is 2. The first kappa shape index (κ1) is 14.8. The minimum absolute atomic E-state index is 0.0899. The lowest BCUT2D eigenvalue weighted by Crippen LogP contribution is -2.15. The van der Waals surface area contributed by atoms with Crippen LogP contribution in [0.3, 0.4) is 0 Å². The molecule has 0 aliphatic carbocycles. The summed E-state index contributed by atoms with van der Waals surface area (Å²) in [6.45, 7) is 3.93. The van der Waals surface area contributed by atoms with Crippen LogP contribution in [0.25, 0.3) is 0 Å². The minimum atomic E-state index is -3.46. The third-order valence-electron chi connectivity index (χ3n) is 2.81. The van der Waals surface area contributed by atoms with E-state index in [9.17, 15) is 8.42 Å². The van der Waals surface area contributed by atoms with Crippen LogP contribution in [0.4, 0.5) is 10.8 Å². The van der Waals surface area contributed by atoms with Crippen LogP contribution in [0.1, 0.15) is 23.1 Å². The van der Waals surface area contributed by atoms with Gasteiger partial charge in [-0.25, -0.2) is 13.4 Å². The second-order valence-corrected chi connectivity index (χ2v) is 7.40. The lowest BCUT2D eigenvalue weighted by molar-refractivity contribution is 0.600. The van der Waals surface area contributed by atoms with Crippen LogP contribution in [-0.4, -0.2) is 13.4 Å². The molecule has 0 aliphatic heterocycles. The summed E-state index contributed by atoms with van der Waals surface area (Å²) in [5.41, 5.74) is 7.81. The Balaban J connectivity index is 2.12. The van der Waals surface area contributed by atoms with Crippen LogP contribution in [0.5, 0.6) is 0 Å².